The standard InChI is InChI=1S/C12H13BrFN3/c13-11-7-10(14)2-1-9(11)8-17-6-5-16-12(17)3-4-15/h1-2,5-7H,3-4,8,15H2. The predicted molar refractivity (Wildman–Crippen MR) is 68.2 cm³/mol. The Bertz CT molecular complexity index is 510. The smallest absolute Gasteiger partial charge is 0.124 e. The van der Waals surface area contributed by atoms with Gasteiger partial charge in [-0.3, -0.25) is 0 Å². The van der Waals surface area contributed by atoms with Gasteiger partial charge in [0.1, 0.15) is 11.6 Å². The average Bonchev–Trinajstić information content (AvgIpc) is 2.71. The topological polar surface area (TPSA) is 43.8 Å². The first-order valence-corrected chi connectivity index (χ1v) is 6.14. The quantitative estimate of drug-likeness (QED) is 0.941. The molecule has 0 saturated heterocycles. The Labute approximate surface area is 108 Å². The van der Waals surface area contributed by atoms with Crippen molar-refractivity contribution >= 4 is 15.9 Å². The van der Waals surface area contributed by atoms with Gasteiger partial charge in [0.15, 0.2) is 0 Å². The van der Waals surface area contributed by atoms with Crippen LogP contribution in [0, 0.1) is 5.82 Å². The highest BCUT2D eigenvalue weighted by Gasteiger charge is 2.06. The Morgan fingerprint density at radius 1 is 1.41 bits per heavy atom. The van der Waals surface area contributed by atoms with Crippen LogP contribution in [0.2, 0.25) is 0 Å². The van der Waals surface area contributed by atoms with E-state index in [0.29, 0.717) is 13.1 Å². The summed E-state index contributed by atoms with van der Waals surface area (Å²) < 4.78 is 15.7. The molecule has 90 valence electrons. The molecule has 0 radical (unpaired) electrons. The Hall–Kier alpha value is -1.20. The van der Waals surface area contributed by atoms with Crippen LogP contribution in [0.3, 0.4) is 0 Å². The van der Waals surface area contributed by atoms with Gasteiger partial charge in [-0.05, 0) is 24.2 Å². The first kappa shape index (κ1) is 12.3. The monoisotopic (exact) mass is 297 g/mol. The molecule has 0 saturated carbocycles. The maximum absolute atomic E-state index is 13.0. The highest BCUT2D eigenvalue weighted by Crippen LogP contribution is 2.19. The highest BCUT2D eigenvalue weighted by molar-refractivity contribution is 9.10. The van der Waals surface area contributed by atoms with Gasteiger partial charge in [0.05, 0.1) is 0 Å². The fourth-order valence-corrected chi connectivity index (χ4v) is 2.15. The lowest BCUT2D eigenvalue weighted by atomic mass is 10.2. The molecule has 0 spiro atoms. The fourth-order valence-electron chi connectivity index (χ4n) is 1.67. The predicted octanol–water partition coefficient (Wildman–Crippen LogP) is 2.33. The van der Waals surface area contributed by atoms with Crippen LogP contribution in [-0.2, 0) is 13.0 Å². The molecule has 0 aliphatic heterocycles. The Balaban J connectivity index is 2.22. The summed E-state index contributed by atoms with van der Waals surface area (Å²) in [7, 11) is 0. The van der Waals surface area contributed by atoms with Gasteiger partial charge in [-0.25, -0.2) is 9.37 Å². The van der Waals surface area contributed by atoms with Gasteiger partial charge in [-0.2, -0.15) is 0 Å². The van der Waals surface area contributed by atoms with Gasteiger partial charge in [-0.1, -0.05) is 22.0 Å². The van der Waals surface area contributed by atoms with Gasteiger partial charge in [0.2, 0.25) is 0 Å². The molecule has 0 fully saturated rings. The van der Waals surface area contributed by atoms with Crippen LogP contribution in [0.1, 0.15) is 11.4 Å². The first-order valence-electron chi connectivity index (χ1n) is 5.34. The van der Waals surface area contributed by atoms with Crippen molar-refractivity contribution in [3.8, 4) is 0 Å². The molecule has 0 bridgehead atoms. The van der Waals surface area contributed by atoms with Gasteiger partial charge >= 0.3 is 0 Å². The van der Waals surface area contributed by atoms with E-state index in [-0.39, 0.29) is 5.82 Å². The van der Waals surface area contributed by atoms with Gasteiger partial charge in [0.25, 0.3) is 0 Å². The second-order valence-corrected chi connectivity index (χ2v) is 4.60. The summed E-state index contributed by atoms with van der Waals surface area (Å²) in [5.74, 6) is 0.706. The van der Waals surface area contributed by atoms with E-state index in [0.717, 1.165) is 22.3 Å². The van der Waals surface area contributed by atoms with E-state index in [4.69, 9.17) is 5.73 Å². The molecule has 17 heavy (non-hydrogen) atoms. The lowest BCUT2D eigenvalue weighted by molar-refractivity contribution is 0.624. The van der Waals surface area contributed by atoms with Gasteiger partial charge < -0.3 is 10.3 Å². The Kier molecular flexibility index (Phi) is 3.91. The van der Waals surface area contributed by atoms with Crippen LogP contribution in [0.5, 0.6) is 0 Å². The van der Waals surface area contributed by atoms with Crippen molar-refractivity contribution in [2.24, 2.45) is 5.73 Å². The van der Waals surface area contributed by atoms with E-state index in [2.05, 4.69) is 20.9 Å². The maximum Gasteiger partial charge on any atom is 0.124 e. The van der Waals surface area contributed by atoms with Crippen LogP contribution in [-0.4, -0.2) is 16.1 Å². The van der Waals surface area contributed by atoms with Crippen LogP contribution in [0.15, 0.2) is 35.1 Å². The van der Waals surface area contributed by atoms with Crippen LogP contribution in [0.4, 0.5) is 4.39 Å². The van der Waals surface area contributed by atoms with E-state index < -0.39 is 0 Å². The highest BCUT2D eigenvalue weighted by atomic mass is 79.9. The molecule has 0 aliphatic rings. The summed E-state index contributed by atoms with van der Waals surface area (Å²) in [6.07, 6.45) is 4.40. The van der Waals surface area contributed by atoms with Crippen LogP contribution >= 0.6 is 15.9 Å². The van der Waals surface area contributed by atoms with Crippen molar-refractivity contribution < 1.29 is 4.39 Å². The summed E-state index contributed by atoms with van der Waals surface area (Å²) in [6.45, 7) is 1.23. The minimum atomic E-state index is -0.242. The second-order valence-electron chi connectivity index (χ2n) is 3.75. The molecule has 1 aromatic heterocycles. The Morgan fingerprint density at radius 3 is 2.94 bits per heavy atom. The van der Waals surface area contributed by atoms with Gasteiger partial charge in [-0.15, -0.1) is 0 Å². The molecular weight excluding hydrogens is 285 g/mol. The summed E-state index contributed by atoms with van der Waals surface area (Å²) >= 11 is 3.36. The molecular formula is C12H13BrFN3. The van der Waals surface area contributed by atoms with Crippen molar-refractivity contribution in [2.45, 2.75) is 13.0 Å². The van der Waals surface area contributed by atoms with Crippen molar-refractivity contribution in [3.63, 3.8) is 0 Å². The zero-order valence-electron chi connectivity index (χ0n) is 9.24. The Morgan fingerprint density at radius 2 is 2.24 bits per heavy atom. The molecule has 0 aliphatic carbocycles. The third-order valence-electron chi connectivity index (χ3n) is 2.53. The summed E-state index contributed by atoms with van der Waals surface area (Å²) in [6, 6.07) is 4.69. The van der Waals surface area contributed by atoms with Crippen LogP contribution < -0.4 is 5.73 Å². The largest absolute Gasteiger partial charge is 0.330 e. The number of hydrogen-bond acceptors (Lipinski definition) is 2. The van der Waals surface area contributed by atoms with E-state index in [1.807, 2.05) is 10.8 Å². The minimum absolute atomic E-state index is 0.242. The molecule has 3 nitrogen and oxygen atoms in total. The third kappa shape index (κ3) is 2.92. The van der Waals surface area contributed by atoms with E-state index in [9.17, 15) is 4.39 Å². The zero-order valence-corrected chi connectivity index (χ0v) is 10.8. The normalized spacial score (nSPS) is 10.8. The third-order valence-corrected chi connectivity index (χ3v) is 3.26. The summed E-state index contributed by atoms with van der Waals surface area (Å²) in [5, 5.41) is 0. The zero-order chi connectivity index (χ0) is 12.3. The SMILES string of the molecule is NCCc1nccn1Cc1ccc(F)cc1Br. The number of rotatable bonds is 4. The van der Waals surface area contributed by atoms with E-state index >= 15 is 0 Å². The number of imidazole rings is 1. The molecule has 0 unspecified atom stereocenters. The summed E-state index contributed by atoms with van der Waals surface area (Å²) in [5.41, 5.74) is 6.54. The molecule has 0 amide bonds. The van der Waals surface area contributed by atoms with Crippen molar-refractivity contribution in [3.05, 3.63) is 52.3 Å². The van der Waals surface area contributed by atoms with Crippen molar-refractivity contribution in [1.82, 2.24) is 9.55 Å². The molecule has 2 aromatic rings. The number of nitrogens with two attached hydrogens (primary N) is 1. The summed E-state index contributed by atoms with van der Waals surface area (Å²) in [4.78, 5) is 4.24. The van der Waals surface area contributed by atoms with E-state index in [1.54, 1.807) is 12.3 Å². The second kappa shape index (κ2) is 5.42. The maximum atomic E-state index is 13.0. The molecule has 2 N–H and O–H groups in total. The molecule has 0 atom stereocenters. The first-order chi connectivity index (χ1) is 8.20. The minimum Gasteiger partial charge on any atom is -0.330 e. The number of aromatic nitrogens is 2. The van der Waals surface area contributed by atoms with Crippen LogP contribution in [0.25, 0.3) is 0 Å². The fraction of sp³-hybridized carbons (Fsp3) is 0.250. The lowest BCUT2D eigenvalue weighted by Crippen LogP contribution is -2.10. The average molecular weight is 298 g/mol. The van der Waals surface area contributed by atoms with E-state index in [1.165, 1.54) is 12.1 Å². The number of nitrogens with zero attached hydrogens (tertiary/aromatic N) is 2. The number of hydrogen-bond donors (Lipinski definition) is 1. The molecule has 2 rings (SSSR count). The number of halogens is 2. The van der Waals surface area contributed by atoms with Crippen molar-refractivity contribution in [1.29, 1.82) is 0 Å². The lowest BCUT2D eigenvalue weighted by Gasteiger charge is -2.09. The van der Waals surface area contributed by atoms with Gasteiger partial charge in [0, 0.05) is 29.8 Å². The molecule has 1 heterocycles. The number of benzene rings is 1. The molecule has 1 aromatic carbocycles. The van der Waals surface area contributed by atoms with Crippen molar-refractivity contribution in [2.75, 3.05) is 6.54 Å². The molecule has 5 heteroatoms.